The van der Waals surface area contributed by atoms with Gasteiger partial charge in [0.25, 0.3) is 0 Å². The second-order valence-electron chi connectivity index (χ2n) is 31.1. The predicted molar refractivity (Wildman–Crippen MR) is 430 cm³/mol. The summed E-state index contributed by atoms with van der Waals surface area (Å²) < 4.78 is 33.3. The van der Waals surface area contributed by atoms with Gasteiger partial charge >= 0.3 is 12.0 Å². The molecule has 8 aromatic heterocycles. The molecule has 24 nitrogen and oxygen atoms in total. The molecule has 572 valence electrons. The van der Waals surface area contributed by atoms with Gasteiger partial charge in [-0.25, -0.2) is 0 Å². The van der Waals surface area contributed by atoms with E-state index < -0.39 is 12.3 Å². The number of anilines is 2. The minimum atomic E-state index is -1.93. The number of hydrogen-bond acceptors (Lipinski definition) is 25. The molecule has 25 heteroatoms. The van der Waals surface area contributed by atoms with E-state index in [0.717, 1.165) is 177 Å². The Morgan fingerprint density at radius 2 is 0.845 bits per heavy atom. The van der Waals surface area contributed by atoms with Crippen LogP contribution in [0.1, 0.15) is 128 Å². The van der Waals surface area contributed by atoms with E-state index in [0.29, 0.717) is 96.4 Å². The van der Waals surface area contributed by atoms with E-state index in [2.05, 4.69) is 98.3 Å². The molecule has 3 saturated heterocycles. The SMILES string of the molecule is CN(C)c1nnc(-c2ccc3cnc(CC(=O)C4CCCCC4)cc3c2)o1.CN1CCC(C(=O)Cc2cc3cc(-c4nnc(N(C)C)o4)ccc3cn2)CC1.Cc1nnc(-c2ccc3cnc(CC(=O)C4CCN(CC(C)(C)C)CC4)cc3c2)o1.[2H]C([2H])(C(=O)Cc1cc2cc(-c3nnc(C)s3)ccc2cn1)N1CCCC1. The summed E-state index contributed by atoms with van der Waals surface area (Å²) in [5, 5.41) is 42.4. The molecule has 4 aliphatic rings. The molecule has 0 bridgehead atoms. The van der Waals surface area contributed by atoms with Crippen LogP contribution in [0.3, 0.4) is 0 Å². The van der Waals surface area contributed by atoms with Crippen LogP contribution in [0.2, 0.25) is 0 Å². The lowest BCUT2D eigenvalue weighted by Gasteiger charge is -2.35. The molecule has 0 N–H and O–H groups in total. The van der Waals surface area contributed by atoms with Gasteiger partial charge in [-0.2, -0.15) is 0 Å². The summed E-state index contributed by atoms with van der Waals surface area (Å²) in [4.78, 5) is 78.5. The van der Waals surface area contributed by atoms with Crippen molar-refractivity contribution in [2.45, 2.75) is 131 Å². The Kier molecular flexibility index (Phi) is 24.3. The minimum absolute atomic E-state index is 0.0123. The Morgan fingerprint density at radius 1 is 0.445 bits per heavy atom. The quantitative estimate of drug-likeness (QED) is 0.0685. The molecule has 11 heterocycles. The maximum absolute atomic E-state index is 12.9. The lowest BCUT2D eigenvalue weighted by atomic mass is 9.85. The fourth-order valence-corrected chi connectivity index (χ4v) is 15.2. The van der Waals surface area contributed by atoms with Gasteiger partial charge in [-0.05, 0) is 198 Å². The number of ketones is 4. The van der Waals surface area contributed by atoms with Crippen molar-refractivity contribution >= 4 is 89.6 Å². The molecular formula is C85H99N17O7S. The van der Waals surface area contributed by atoms with Gasteiger partial charge in [-0.15, -0.1) is 30.6 Å². The molecule has 4 aromatic carbocycles. The maximum Gasteiger partial charge on any atom is 0.317 e. The molecule has 12 aromatic rings. The molecule has 1 saturated carbocycles. The molecule has 110 heavy (non-hydrogen) atoms. The van der Waals surface area contributed by atoms with Crippen molar-refractivity contribution in [2.24, 2.45) is 23.2 Å². The molecule has 0 atom stereocenters. The summed E-state index contributed by atoms with van der Waals surface area (Å²) >= 11 is 1.53. The smallest absolute Gasteiger partial charge is 0.317 e. The van der Waals surface area contributed by atoms with Crippen molar-refractivity contribution < 1.29 is 35.2 Å². The molecule has 0 spiro atoms. The van der Waals surface area contributed by atoms with Crippen LogP contribution in [0.5, 0.6) is 0 Å². The third kappa shape index (κ3) is 20.8. The van der Waals surface area contributed by atoms with Crippen LogP contribution in [-0.4, -0.2) is 186 Å². The zero-order chi connectivity index (χ0) is 78.8. The van der Waals surface area contributed by atoms with Crippen LogP contribution in [-0.2, 0) is 44.9 Å². The van der Waals surface area contributed by atoms with Crippen LogP contribution in [0.25, 0.3) is 88.0 Å². The number of benzene rings is 4. The van der Waals surface area contributed by atoms with E-state index in [4.69, 9.17) is 16.0 Å². The van der Waals surface area contributed by atoms with Crippen LogP contribution >= 0.6 is 11.3 Å². The van der Waals surface area contributed by atoms with Gasteiger partial charge in [0.2, 0.25) is 23.6 Å². The summed E-state index contributed by atoms with van der Waals surface area (Å²) in [6.07, 6.45) is 19.7. The molecule has 0 radical (unpaired) electrons. The number of carbonyl (C=O) groups is 4. The average Bonchev–Trinajstić information content (AvgIpc) is 1.50. The highest BCUT2D eigenvalue weighted by Crippen LogP contribution is 2.33. The van der Waals surface area contributed by atoms with Crippen molar-refractivity contribution in [2.75, 3.05) is 97.3 Å². The third-order valence-corrected chi connectivity index (χ3v) is 21.4. The zero-order valence-corrected chi connectivity index (χ0v) is 65.5. The number of aryl methyl sites for hydroxylation is 2. The number of rotatable bonds is 20. The average molecular weight is 1500 g/mol. The van der Waals surface area contributed by atoms with Gasteiger partial charge in [0.1, 0.15) is 27.4 Å². The highest BCUT2D eigenvalue weighted by Gasteiger charge is 2.29. The summed E-state index contributed by atoms with van der Waals surface area (Å²) in [5.41, 5.74) is 6.91. The number of fused-ring (bicyclic) bond motifs is 4. The van der Waals surface area contributed by atoms with Crippen molar-refractivity contribution in [3.63, 3.8) is 0 Å². The van der Waals surface area contributed by atoms with Gasteiger partial charge in [-0.1, -0.05) is 91.9 Å². The molecule has 3 aliphatic heterocycles. The van der Waals surface area contributed by atoms with E-state index in [1.165, 1.54) is 30.6 Å². The standard InChI is InChI=1S/C24H30N4O2.C21H25N5O2.C21H24N4O2.C19H20N4OS/c1-16-26-27-23(30-16)18-5-6-19-14-25-21(12-20(19)11-18)13-22(29)17-7-9-28(10-8-17)15-24(2,3)4;1-25(2)21-24-23-20(28-21)15-4-5-16-13-22-18(11-17(16)10-15)12-19(27)14-6-8-26(3)9-7-14;1-25(2)21-24-23-20(27-21)15-8-9-16-13-22-18(11-17(16)10-15)12-19(26)14-6-4-3-5-7-14;1-13-21-22-19(25-13)14-4-5-15-11-20-17(9-16(15)8-14)10-18(24)12-23-6-2-3-7-23/h5-6,11-12,14,17H,7-10,13,15H2,1-4H3;4-5,10-11,13-14H,6-9,12H2,1-3H3;8-11,13-14H,3-7,12H2,1-2H3;4-5,8-9,11H,2-3,6-7,10,12H2,1H3/i;;;12D2. The number of likely N-dealkylation sites (tertiary alicyclic amines) is 3. The monoisotopic (exact) mass is 1500 g/mol. The van der Waals surface area contributed by atoms with Crippen LogP contribution in [0, 0.1) is 37.0 Å². The second-order valence-corrected chi connectivity index (χ2v) is 32.3. The van der Waals surface area contributed by atoms with Crippen LogP contribution < -0.4 is 9.80 Å². The van der Waals surface area contributed by atoms with E-state index in [-0.39, 0.29) is 24.2 Å². The second kappa shape index (κ2) is 35.6. The Labute approximate surface area is 648 Å². The Morgan fingerprint density at radius 3 is 1.25 bits per heavy atom. The maximum atomic E-state index is 12.9. The van der Waals surface area contributed by atoms with Crippen LogP contribution in [0.15, 0.2) is 135 Å². The largest absolute Gasteiger partial charge is 0.421 e. The van der Waals surface area contributed by atoms with Crippen molar-refractivity contribution in [1.29, 1.82) is 0 Å². The molecule has 4 fully saturated rings. The van der Waals surface area contributed by atoms with Crippen molar-refractivity contribution in [1.82, 2.24) is 75.4 Å². The fourth-order valence-electron chi connectivity index (χ4n) is 14.5. The van der Waals surface area contributed by atoms with Gasteiger partial charge in [-0.3, -0.25) is 44.0 Å². The lowest BCUT2D eigenvalue weighted by Crippen LogP contribution is -2.40. The Balaban J connectivity index is 0.000000131. The van der Waals surface area contributed by atoms with Gasteiger partial charge in [0, 0.05) is 170 Å². The van der Waals surface area contributed by atoms with Gasteiger partial charge in [0.05, 0.1) is 15.7 Å². The molecule has 0 amide bonds. The summed E-state index contributed by atoms with van der Waals surface area (Å²) in [6.45, 7) is 14.9. The van der Waals surface area contributed by atoms with E-state index in [1.807, 2.05) is 151 Å². The van der Waals surface area contributed by atoms with Crippen molar-refractivity contribution in [3.05, 3.63) is 156 Å². The van der Waals surface area contributed by atoms with Crippen molar-refractivity contribution in [3.8, 4) is 44.9 Å². The first-order valence-corrected chi connectivity index (χ1v) is 39.1. The number of aromatic nitrogens is 12. The predicted octanol–water partition coefficient (Wildman–Crippen LogP) is 14.6. The first kappa shape index (κ1) is 75.1. The topological polar surface area (TPSA) is 279 Å². The fraction of sp³-hybridized carbons (Fsp3) is 0.435. The number of pyridine rings is 4. The van der Waals surface area contributed by atoms with E-state index >= 15 is 0 Å². The molecular weight excluding hydrogens is 1400 g/mol. The van der Waals surface area contributed by atoms with Gasteiger partial charge < -0.3 is 32.9 Å². The first-order chi connectivity index (χ1) is 53.8. The normalized spacial score (nSPS) is 16.0. The number of piperidine rings is 2. The zero-order valence-electron chi connectivity index (χ0n) is 66.7. The summed E-state index contributed by atoms with van der Waals surface area (Å²) in [7, 11) is 9.54. The first-order valence-electron chi connectivity index (χ1n) is 39.2. The molecule has 16 rings (SSSR count). The van der Waals surface area contributed by atoms with Gasteiger partial charge in [0.15, 0.2) is 5.78 Å². The lowest BCUT2D eigenvalue weighted by molar-refractivity contribution is -0.124. The highest BCUT2D eigenvalue weighted by atomic mass is 32.1. The summed E-state index contributed by atoms with van der Waals surface area (Å²) in [5.74, 6) is 3.01. The Bertz CT molecular complexity index is 5290. The number of Topliss-reactive ketones (excluding diaryl/α,β-unsaturated/α-hetero) is 4. The molecule has 1 aliphatic carbocycles. The number of nitrogens with zero attached hydrogens (tertiary/aromatic N) is 17. The highest BCUT2D eigenvalue weighted by molar-refractivity contribution is 7.14. The summed E-state index contributed by atoms with van der Waals surface area (Å²) in [6, 6.07) is 32.6. The molecule has 0 unspecified atom stereocenters. The van der Waals surface area contributed by atoms with Crippen LogP contribution in [0.4, 0.5) is 12.0 Å². The number of carbonyl (C=O) groups excluding carboxylic acids is 4. The third-order valence-electron chi connectivity index (χ3n) is 20.5. The van der Waals surface area contributed by atoms with E-state index in [9.17, 15) is 19.2 Å². The number of hydrogen-bond donors (Lipinski definition) is 0. The Hall–Kier alpha value is -10.3. The minimum Gasteiger partial charge on any atom is -0.421 e. The van der Waals surface area contributed by atoms with E-state index in [1.54, 1.807) is 27.8 Å².